The monoisotopic (exact) mass is 178 g/mol. The summed E-state index contributed by atoms with van der Waals surface area (Å²) in [5.74, 6) is 0.551. The third kappa shape index (κ3) is 3.25. The number of rotatable bonds is 4. The number of nitrogen functional groups attached to an aromatic ring is 1. The SMILES string of the molecule is CCOC/C=C/c1cccnc1N. The fourth-order valence-electron chi connectivity index (χ4n) is 0.932. The number of nitrogens with zero attached hydrogens (tertiary/aromatic N) is 1. The lowest BCUT2D eigenvalue weighted by Crippen LogP contribution is -1.93. The van der Waals surface area contributed by atoms with Gasteiger partial charge in [-0.1, -0.05) is 12.2 Å². The molecule has 0 saturated heterocycles. The molecule has 1 aromatic heterocycles. The minimum absolute atomic E-state index is 0.551. The molecule has 2 N–H and O–H groups in total. The van der Waals surface area contributed by atoms with E-state index in [9.17, 15) is 0 Å². The minimum Gasteiger partial charge on any atom is -0.383 e. The molecule has 0 aliphatic heterocycles. The number of ether oxygens (including phenoxy) is 1. The predicted molar refractivity (Wildman–Crippen MR) is 54.2 cm³/mol. The van der Waals surface area contributed by atoms with Crippen LogP contribution in [0.1, 0.15) is 12.5 Å². The number of hydrogen-bond acceptors (Lipinski definition) is 3. The molecule has 0 radical (unpaired) electrons. The van der Waals surface area contributed by atoms with Gasteiger partial charge in [0.2, 0.25) is 0 Å². The van der Waals surface area contributed by atoms with Gasteiger partial charge in [-0.3, -0.25) is 0 Å². The zero-order chi connectivity index (χ0) is 9.52. The van der Waals surface area contributed by atoms with E-state index >= 15 is 0 Å². The molecular weight excluding hydrogens is 164 g/mol. The number of hydrogen-bond donors (Lipinski definition) is 1. The summed E-state index contributed by atoms with van der Waals surface area (Å²) >= 11 is 0. The zero-order valence-electron chi connectivity index (χ0n) is 7.73. The van der Waals surface area contributed by atoms with E-state index in [1.165, 1.54) is 0 Å². The highest BCUT2D eigenvalue weighted by Crippen LogP contribution is 2.08. The fraction of sp³-hybridized carbons (Fsp3) is 0.300. The maximum absolute atomic E-state index is 5.63. The molecule has 0 aliphatic rings. The quantitative estimate of drug-likeness (QED) is 0.714. The van der Waals surface area contributed by atoms with Crippen LogP contribution in [0.25, 0.3) is 6.08 Å². The van der Waals surface area contributed by atoms with Crippen molar-refractivity contribution in [1.29, 1.82) is 0 Å². The molecule has 0 amide bonds. The van der Waals surface area contributed by atoms with Crippen molar-refractivity contribution >= 4 is 11.9 Å². The Labute approximate surface area is 78.2 Å². The molecule has 0 atom stereocenters. The maximum atomic E-state index is 5.63. The Morgan fingerprint density at radius 3 is 3.15 bits per heavy atom. The first kappa shape index (κ1) is 9.74. The van der Waals surface area contributed by atoms with E-state index < -0.39 is 0 Å². The highest BCUT2D eigenvalue weighted by molar-refractivity contribution is 5.60. The first-order valence-corrected chi connectivity index (χ1v) is 4.29. The Hall–Kier alpha value is -1.35. The molecule has 70 valence electrons. The number of pyridine rings is 1. The molecule has 0 aromatic carbocycles. The topological polar surface area (TPSA) is 48.1 Å². The predicted octanol–water partition coefficient (Wildman–Crippen LogP) is 1.71. The van der Waals surface area contributed by atoms with Gasteiger partial charge in [0.25, 0.3) is 0 Å². The molecule has 0 saturated carbocycles. The Morgan fingerprint density at radius 1 is 1.62 bits per heavy atom. The summed E-state index contributed by atoms with van der Waals surface area (Å²) in [6, 6.07) is 3.78. The summed E-state index contributed by atoms with van der Waals surface area (Å²) in [5.41, 5.74) is 6.56. The molecule has 0 unspecified atom stereocenters. The van der Waals surface area contributed by atoms with Crippen molar-refractivity contribution in [2.45, 2.75) is 6.92 Å². The van der Waals surface area contributed by atoms with Gasteiger partial charge in [0.1, 0.15) is 5.82 Å². The summed E-state index contributed by atoms with van der Waals surface area (Å²) < 4.78 is 5.15. The number of nitrogens with two attached hydrogens (primary N) is 1. The van der Waals surface area contributed by atoms with Crippen molar-refractivity contribution < 1.29 is 4.74 Å². The third-order valence-corrected chi connectivity index (χ3v) is 1.59. The van der Waals surface area contributed by atoms with Crippen LogP contribution in [0.4, 0.5) is 5.82 Å². The van der Waals surface area contributed by atoms with Crippen LogP contribution in [0.15, 0.2) is 24.4 Å². The summed E-state index contributed by atoms with van der Waals surface area (Å²) in [6.07, 6.45) is 5.52. The molecule has 13 heavy (non-hydrogen) atoms. The van der Waals surface area contributed by atoms with E-state index in [1.807, 2.05) is 31.2 Å². The van der Waals surface area contributed by atoms with Crippen LogP contribution < -0.4 is 5.73 Å². The lowest BCUT2D eigenvalue weighted by atomic mass is 10.2. The standard InChI is InChI=1S/C10H14N2O/c1-2-13-8-4-6-9-5-3-7-12-10(9)11/h3-7H,2,8H2,1H3,(H2,11,12)/b6-4+. The van der Waals surface area contributed by atoms with E-state index in [2.05, 4.69) is 4.98 Å². The van der Waals surface area contributed by atoms with Crippen LogP contribution in [-0.4, -0.2) is 18.2 Å². The molecule has 1 aromatic rings. The van der Waals surface area contributed by atoms with E-state index in [0.717, 1.165) is 12.2 Å². The van der Waals surface area contributed by atoms with Crippen LogP contribution >= 0.6 is 0 Å². The van der Waals surface area contributed by atoms with Crippen molar-refractivity contribution in [3.63, 3.8) is 0 Å². The second-order valence-corrected chi connectivity index (χ2v) is 2.54. The lowest BCUT2D eigenvalue weighted by Gasteiger charge is -1.97. The van der Waals surface area contributed by atoms with Gasteiger partial charge in [-0.05, 0) is 19.1 Å². The largest absolute Gasteiger partial charge is 0.383 e. The zero-order valence-corrected chi connectivity index (χ0v) is 7.73. The lowest BCUT2D eigenvalue weighted by molar-refractivity contribution is 0.178. The number of aromatic nitrogens is 1. The van der Waals surface area contributed by atoms with Gasteiger partial charge in [0.15, 0.2) is 0 Å². The van der Waals surface area contributed by atoms with Gasteiger partial charge in [0, 0.05) is 18.4 Å². The first-order chi connectivity index (χ1) is 6.34. The second kappa shape index (κ2) is 5.32. The van der Waals surface area contributed by atoms with E-state index in [1.54, 1.807) is 6.20 Å². The first-order valence-electron chi connectivity index (χ1n) is 4.29. The van der Waals surface area contributed by atoms with Crippen LogP contribution in [0.5, 0.6) is 0 Å². The van der Waals surface area contributed by atoms with Crippen LogP contribution in [0, 0.1) is 0 Å². The third-order valence-electron chi connectivity index (χ3n) is 1.59. The van der Waals surface area contributed by atoms with Crippen molar-refractivity contribution in [2.24, 2.45) is 0 Å². The molecule has 3 heteroatoms. The average Bonchev–Trinajstić information content (AvgIpc) is 2.15. The summed E-state index contributed by atoms with van der Waals surface area (Å²) in [6.45, 7) is 3.31. The molecule has 1 rings (SSSR count). The summed E-state index contributed by atoms with van der Waals surface area (Å²) in [4.78, 5) is 3.96. The second-order valence-electron chi connectivity index (χ2n) is 2.54. The molecule has 0 bridgehead atoms. The Bertz CT molecular complexity index is 284. The van der Waals surface area contributed by atoms with Gasteiger partial charge < -0.3 is 10.5 Å². The fourth-order valence-corrected chi connectivity index (χ4v) is 0.932. The Morgan fingerprint density at radius 2 is 2.46 bits per heavy atom. The molecule has 0 fully saturated rings. The van der Waals surface area contributed by atoms with Crippen molar-refractivity contribution in [3.8, 4) is 0 Å². The highest BCUT2D eigenvalue weighted by Gasteiger charge is 1.91. The van der Waals surface area contributed by atoms with E-state index in [-0.39, 0.29) is 0 Å². The van der Waals surface area contributed by atoms with Gasteiger partial charge in [-0.2, -0.15) is 0 Å². The van der Waals surface area contributed by atoms with Crippen LogP contribution in [0.3, 0.4) is 0 Å². The van der Waals surface area contributed by atoms with Gasteiger partial charge in [0.05, 0.1) is 6.61 Å². The van der Waals surface area contributed by atoms with Gasteiger partial charge in [-0.25, -0.2) is 4.98 Å². The van der Waals surface area contributed by atoms with Gasteiger partial charge >= 0.3 is 0 Å². The summed E-state index contributed by atoms with van der Waals surface area (Å²) in [5, 5.41) is 0. The Balaban J connectivity index is 2.53. The molecule has 1 heterocycles. The molecule has 0 spiro atoms. The minimum atomic E-state index is 0.551. The molecule has 0 aliphatic carbocycles. The Kier molecular flexibility index (Phi) is 3.99. The average molecular weight is 178 g/mol. The number of anilines is 1. The summed E-state index contributed by atoms with van der Waals surface area (Å²) in [7, 11) is 0. The van der Waals surface area contributed by atoms with E-state index in [0.29, 0.717) is 12.4 Å². The highest BCUT2D eigenvalue weighted by atomic mass is 16.5. The van der Waals surface area contributed by atoms with Crippen molar-refractivity contribution in [2.75, 3.05) is 18.9 Å². The molecular formula is C10H14N2O. The normalized spacial score (nSPS) is 10.8. The van der Waals surface area contributed by atoms with Crippen molar-refractivity contribution in [3.05, 3.63) is 30.0 Å². The van der Waals surface area contributed by atoms with Crippen LogP contribution in [0.2, 0.25) is 0 Å². The smallest absolute Gasteiger partial charge is 0.130 e. The van der Waals surface area contributed by atoms with Crippen LogP contribution in [-0.2, 0) is 4.74 Å². The van der Waals surface area contributed by atoms with Gasteiger partial charge in [-0.15, -0.1) is 0 Å². The molecule has 3 nitrogen and oxygen atoms in total. The van der Waals surface area contributed by atoms with E-state index in [4.69, 9.17) is 10.5 Å². The maximum Gasteiger partial charge on any atom is 0.130 e. The van der Waals surface area contributed by atoms with Crippen molar-refractivity contribution in [1.82, 2.24) is 4.98 Å².